The van der Waals surface area contributed by atoms with Crippen molar-refractivity contribution >= 4 is 29.0 Å². The van der Waals surface area contributed by atoms with Crippen molar-refractivity contribution < 1.29 is 21.9 Å². The molecule has 0 amide bonds. The van der Waals surface area contributed by atoms with Gasteiger partial charge < -0.3 is 27.2 Å². The van der Waals surface area contributed by atoms with Crippen LogP contribution in [0.15, 0.2) is 77.1 Å². The quantitative estimate of drug-likeness (QED) is 0.572. The van der Waals surface area contributed by atoms with Crippen LogP contribution in [0.25, 0.3) is 5.32 Å². The number of hydrogen-bond acceptors (Lipinski definition) is 4. The number of nitriles is 1. The Morgan fingerprint density at radius 3 is 2.22 bits per heavy atom. The normalized spacial score (nSPS) is 22.0. The maximum absolute atomic E-state index is 9.55. The van der Waals surface area contributed by atoms with Crippen LogP contribution in [0, 0.1) is 11.3 Å². The predicted octanol–water partition coefficient (Wildman–Crippen LogP) is 0.660. The standard InChI is InChI=1S/C20H16N3O2.ClH.Mg/c21-11-16(19-22-17(12-24-19)14-7-3-1-4-8-14)20-23-18(13-25-20)15-9-5-2-6-10-15;;/h1-10,17-18H,12-13H2;1H;/q-1;;+2/p-1/b19-16+;;/t17-,18-;;/m1../s1. The Balaban J connectivity index is 0.00000131. The van der Waals surface area contributed by atoms with Crippen LogP contribution >= 0.6 is 0 Å². The van der Waals surface area contributed by atoms with Crippen molar-refractivity contribution in [3.63, 3.8) is 0 Å². The average molecular weight is 390 g/mol. The number of rotatable bonds is 3. The van der Waals surface area contributed by atoms with Gasteiger partial charge in [0.25, 0.3) is 0 Å². The summed E-state index contributed by atoms with van der Waals surface area (Å²) in [6, 6.07) is 21.7. The van der Waals surface area contributed by atoms with Crippen LogP contribution in [0.2, 0.25) is 0 Å². The summed E-state index contributed by atoms with van der Waals surface area (Å²) in [6.45, 7) is 0.833. The van der Waals surface area contributed by atoms with Gasteiger partial charge in [0.15, 0.2) is 0 Å². The van der Waals surface area contributed by atoms with Crippen LogP contribution in [0.3, 0.4) is 0 Å². The number of halogens is 1. The third-order valence-corrected chi connectivity index (χ3v) is 4.21. The molecule has 0 spiro atoms. The Labute approximate surface area is 180 Å². The van der Waals surface area contributed by atoms with Gasteiger partial charge in [0.1, 0.15) is 24.3 Å². The Bertz CT molecular complexity index is 866. The molecule has 0 aromatic heterocycles. The van der Waals surface area contributed by atoms with Gasteiger partial charge in [-0.2, -0.15) is 5.26 Å². The van der Waals surface area contributed by atoms with E-state index in [4.69, 9.17) is 9.47 Å². The number of benzene rings is 2. The first-order valence-corrected chi connectivity index (χ1v) is 8.14. The predicted molar refractivity (Wildman–Crippen MR) is 99.5 cm³/mol. The van der Waals surface area contributed by atoms with E-state index in [1.165, 1.54) is 0 Å². The summed E-state index contributed by atoms with van der Waals surface area (Å²) in [7, 11) is 0. The Morgan fingerprint density at radius 1 is 0.963 bits per heavy atom. The van der Waals surface area contributed by atoms with Crippen LogP contribution in [-0.4, -0.2) is 42.2 Å². The summed E-state index contributed by atoms with van der Waals surface area (Å²) < 4.78 is 11.3. The van der Waals surface area contributed by atoms with Crippen molar-refractivity contribution in [3.8, 4) is 6.07 Å². The minimum Gasteiger partial charge on any atom is -1.00 e. The van der Waals surface area contributed by atoms with Crippen molar-refractivity contribution in [2.24, 2.45) is 4.99 Å². The molecule has 2 heterocycles. The Hall–Kier alpha value is -2.20. The molecule has 27 heavy (non-hydrogen) atoms. The van der Waals surface area contributed by atoms with E-state index in [-0.39, 0.29) is 53.1 Å². The largest absolute Gasteiger partial charge is 2.00 e. The molecular formula is C20H16ClMgN3O2. The second-order valence-corrected chi connectivity index (χ2v) is 5.83. The van der Waals surface area contributed by atoms with Gasteiger partial charge in [-0.05, 0) is 5.56 Å². The average Bonchev–Trinajstić information content (AvgIpc) is 3.35. The smallest absolute Gasteiger partial charge is 1.00 e. The topological polar surface area (TPSA) is 68.7 Å². The first-order chi connectivity index (χ1) is 12.3. The van der Waals surface area contributed by atoms with Gasteiger partial charge in [0, 0.05) is 5.88 Å². The molecule has 2 aliphatic rings. The molecule has 2 aliphatic heterocycles. The molecule has 5 nitrogen and oxygen atoms in total. The fourth-order valence-electron chi connectivity index (χ4n) is 2.90. The van der Waals surface area contributed by atoms with E-state index in [0.29, 0.717) is 25.0 Å². The second-order valence-electron chi connectivity index (χ2n) is 5.83. The van der Waals surface area contributed by atoms with Crippen molar-refractivity contribution in [2.75, 3.05) is 13.2 Å². The van der Waals surface area contributed by atoms with E-state index < -0.39 is 0 Å². The van der Waals surface area contributed by atoms with E-state index >= 15 is 0 Å². The summed E-state index contributed by atoms with van der Waals surface area (Å²) in [5.74, 6) is 0.618. The van der Waals surface area contributed by atoms with Crippen molar-refractivity contribution in [2.45, 2.75) is 12.1 Å². The Kier molecular flexibility index (Phi) is 7.54. The molecule has 0 bridgehead atoms. The summed E-state index contributed by atoms with van der Waals surface area (Å²) in [6.07, 6.45) is 0. The van der Waals surface area contributed by atoms with E-state index in [2.05, 4.69) is 16.4 Å². The van der Waals surface area contributed by atoms with Crippen molar-refractivity contribution in [1.29, 1.82) is 5.26 Å². The van der Waals surface area contributed by atoms with E-state index in [0.717, 1.165) is 11.1 Å². The fraction of sp³-hybridized carbons (Fsp3) is 0.200. The molecule has 4 rings (SSSR count). The van der Waals surface area contributed by atoms with Gasteiger partial charge >= 0.3 is 23.1 Å². The van der Waals surface area contributed by atoms with Gasteiger partial charge in [-0.3, -0.25) is 0 Å². The van der Waals surface area contributed by atoms with Crippen molar-refractivity contribution in [1.82, 2.24) is 0 Å². The molecule has 0 radical (unpaired) electrons. The van der Waals surface area contributed by atoms with Crippen LogP contribution < -0.4 is 12.4 Å². The molecule has 7 heteroatoms. The molecule has 2 atom stereocenters. The van der Waals surface area contributed by atoms with Gasteiger partial charge in [0.2, 0.25) is 5.90 Å². The molecule has 0 unspecified atom stereocenters. The molecule has 0 N–H and O–H groups in total. The van der Waals surface area contributed by atoms with Crippen LogP contribution in [0.4, 0.5) is 0 Å². The second kappa shape index (κ2) is 9.65. The maximum atomic E-state index is 9.55. The molecular weight excluding hydrogens is 374 g/mol. The zero-order chi connectivity index (χ0) is 17.1. The minimum absolute atomic E-state index is 0. The number of nitrogens with zero attached hydrogens (tertiary/aromatic N) is 3. The SMILES string of the molecule is N#C/C(C1=N[C@@H](c2ccccc2)CO1)=C1/[N-][C@@H](c2ccccc2)CO1.[Cl-].[Mg+2]. The van der Waals surface area contributed by atoms with E-state index in [1.807, 2.05) is 60.7 Å². The Morgan fingerprint density at radius 2 is 1.59 bits per heavy atom. The van der Waals surface area contributed by atoms with Crippen molar-refractivity contribution in [3.05, 3.63) is 88.6 Å². The summed E-state index contributed by atoms with van der Waals surface area (Å²) >= 11 is 0. The minimum atomic E-state index is -0.105. The molecule has 0 aliphatic carbocycles. The first-order valence-electron chi connectivity index (χ1n) is 8.14. The summed E-state index contributed by atoms with van der Waals surface area (Å²) in [5.41, 5.74) is 2.38. The monoisotopic (exact) mass is 389 g/mol. The third kappa shape index (κ3) is 4.56. The molecule has 0 saturated carbocycles. The first kappa shape index (κ1) is 21.1. The summed E-state index contributed by atoms with van der Waals surface area (Å²) in [4.78, 5) is 4.55. The number of ether oxygens (including phenoxy) is 2. The van der Waals surface area contributed by atoms with Gasteiger partial charge in [-0.1, -0.05) is 72.3 Å². The molecule has 1 saturated heterocycles. The van der Waals surface area contributed by atoms with Gasteiger partial charge in [0.05, 0.1) is 6.61 Å². The van der Waals surface area contributed by atoms with Gasteiger partial charge in [-0.25, -0.2) is 4.99 Å². The van der Waals surface area contributed by atoms with E-state index in [1.54, 1.807) is 0 Å². The third-order valence-electron chi connectivity index (χ3n) is 4.21. The summed E-state index contributed by atoms with van der Waals surface area (Å²) in [5, 5.41) is 14.1. The zero-order valence-electron chi connectivity index (χ0n) is 14.6. The molecule has 2 aromatic rings. The van der Waals surface area contributed by atoms with Crippen LogP contribution in [0.5, 0.6) is 0 Å². The van der Waals surface area contributed by atoms with Crippen LogP contribution in [-0.2, 0) is 9.47 Å². The maximum Gasteiger partial charge on any atom is 2.00 e. The zero-order valence-corrected chi connectivity index (χ0v) is 16.8. The number of aliphatic imine (C=N–C) groups is 1. The number of hydrogen-bond donors (Lipinski definition) is 0. The van der Waals surface area contributed by atoms with Crippen LogP contribution in [0.1, 0.15) is 23.2 Å². The fourth-order valence-corrected chi connectivity index (χ4v) is 2.90. The molecule has 1 fully saturated rings. The van der Waals surface area contributed by atoms with Gasteiger partial charge in [-0.15, -0.1) is 0 Å². The molecule has 2 aromatic carbocycles. The molecule has 132 valence electrons. The van der Waals surface area contributed by atoms with E-state index in [9.17, 15) is 5.26 Å².